The van der Waals surface area contributed by atoms with E-state index in [9.17, 15) is 22.9 Å². The van der Waals surface area contributed by atoms with Crippen LogP contribution in [0.1, 0.15) is 17.5 Å². The summed E-state index contributed by atoms with van der Waals surface area (Å²) in [6, 6.07) is 6.33. The molecule has 1 fully saturated rings. The summed E-state index contributed by atoms with van der Waals surface area (Å²) in [5.41, 5.74) is 0.621. The van der Waals surface area contributed by atoms with Crippen molar-refractivity contribution >= 4 is 11.7 Å². The lowest BCUT2D eigenvalue weighted by atomic mass is 10.1. The lowest BCUT2D eigenvalue weighted by Crippen LogP contribution is -2.54. The van der Waals surface area contributed by atoms with Gasteiger partial charge in [0.05, 0.1) is 24.6 Å². The molecule has 0 bridgehead atoms. The first-order valence-corrected chi connectivity index (χ1v) is 10.5. The maximum absolute atomic E-state index is 13.8. The molecule has 0 unspecified atom stereocenters. The van der Waals surface area contributed by atoms with Gasteiger partial charge in [-0.05, 0) is 30.5 Å². The number of amides is 1. The Hall–Kier alpha value is -3.08. The molecule has 2 aliphatic heterocycles. The number of hydrogen-bond acceptors (Lipinski definition) is 5. The molecule has 4 rings (SSSR count). The van der Waals surface area contributed by atoms with Crippen LogP contribution in [0.5, 0.6) is 5.88 Å². The third-order valence-electron chi connectivity index (χ3n) is 5.80. The lowest BCUT2D eigenvalue weighted by molar-refractivity contribution is -1.17. The smallest absolute Gasteiger partial charge is 0.352 e. The Labute approximate surface area is 182 Å². The standard InChI is InChI=1S/C21H25F3N5O3/c1-15-3-4-16(11-17(15)22)14-32-18-12-19-27(5-2-6-28(19)21(31)25-18)13-20(30)26-7-9-29(23,24)10-8-26/h3-4,11-12H,2,5-10,13-14H2,1H3/q+1. The molecule has 1 saturated heterocycles. The highest BCUT2D eigenvalue weighted by atomic mass is 19.4. The zero-order chi connectivity index (χ0) is 22.9. The second-order valence-electron chi connectivity index (χ2n) is 8.13. The van der Waals surface area contributed by atoms with Gasteiger partial charge in [-0.3, -0.25) is 9.36 Å². The zero-order valence-electron chi connectivity index (χ0n) is 17.8. The normalized spacial score (nSPS) is 17.8. The molecule has 3 heterocycles. The van der Waals surface area contributed by atoms with Gasteiger partial charge in [0.25, 0.3) is 0 Å². The number of nitrogens with zero attached hydrogens (tertiary/aromatic N) is 5. The Morgan fingerprint density at radius 2 is 1.91 bits per heavy atom. The highest BCUT2D eigenvalue weighted by Gasteiger charge is 2.37. The molecule has 2 aliphatic rings. The van der Waals surface area contributed by atoms with E-state index >= 15 is 0 Å². The number of hydrogen-bond donors (Lipinski definition) is 0. The number of anilines is 1. The summed E-state index contributed by atoms with van der Waals surface area (Å²) in [4.78, 5) is 30.2. The van der Waals surface area contributed by atoms with E-state index in [0.29, 0.717) is 36.5 Å². The molecule has 0 N–H and O–H groups in total. The van der Waals surface area contributed by atoms with Crippen LogP contribution >= 0.6 is 0 Å². The molecular formula is C21H25F3N5O3+. The molecule has 1 amide bonds. The Morgan fingerprint density at radius 3 is 2.62 bits per heavy atom. The number of carbonyl (C=O) groups excluding carboxylic acids is 1. The predicted molar refractivity (Wildman–Crippen MR) is 110 cm³/mol. The van der Waals surface area contributed by atoms with Crippen molar-refractivity contribution in [1.82, 2.24) is 14.5 Å². The molecule has 1 aromatic carbocycles. The molecule has 1 aromatic heterocycles. The number of rotatable bonds is 5. The number of benzene rings is 1. The number of fused-ring (bicyclic) bond motifs is 1. The van der Waals surface area contributed by atoms with Gasteiger partial charge in [0.2, 0.25) is 11.8 Å². The van der Waals surface area contributed by atoms with Crippen molar-refractivity contribution in [3.63, 3.8) is 0 Å². The molecular weight excluding hydrogens is 427 g/mol. The van der Waals surface area contributed by atoms with Gasteiger partial charge in [0.15, 0.2) is 13.1 Å². The fourth-order valence-electron chi connectivity index (χ4n) is 3.87. The largest absolute Gasteiger partial charge is 0.473 e. The number of aryl methyl sites for hydroxylation is 1. The van der Waals surface area contributed by atoms with Crippen molar-refractivity contribution in [3.8, 4) is 5.88 Å². The van der Waals surface area contributed by atoms with E-state index in [-0.39, 0.29) is 43.8 Å². The van der Waals surface area contributed by atoms with Crippen LogP contribution in [0.3, 0.4) is 0 Å². The van der Waals surface area contributed by atoms with Crippen LogP contribution in [0.2, 0.25) is 0 Å². The minimum atomic E-state index is -2.08. The van der Waals surface area contributed by atoms with Crippen molar-refractivity contribution in [2.45, 2.75) is 26.5 Å². The Bertz CT molecular complexity index is 1070. The summed E-state index contributed by atoms with van der Waals surface area (Å²) in [6.07, 6.45) is 0.652. The van der Waals surface area contributed by atoms with Gasteiger partial charge in [0, 0.05) is 28.1 Å². The summed E-state index contributed by atoms with van der Waals surface area (Å²) in [7, 11) is 0. The van der Waals surface area contributed by atoms with Crippen LogP contribution in [0.15, 0.2) is 29.1 Å². The third kappa shape index (κ3) is 4.87. The average Bonchev–Trinajstić information content (AvgIpc) is 2.75. The lowest BCUT2D eigenvalue weighted by Gasteiger charge is -2.34. The van der Waals surface area contributed by atoms with Crippen LogP contribution in [-0.4, -0.2) is 64.6 Å². The van der Waals surface area contributed by atoms with E-state index in [2.05, 4.69) is 4.98 Å². The summed E-state index contributed by atoms with van der Waals surface area (Å²) < 4.78 is 47.5. The molecule has 0 spiro atoms. The molecule has 0 radical (unpaired) electrons. The maximum atomic E-state index is 13.8. The van der Waals surface area contributed by atoms with Crippen LogP contribution in [0.25, 0.3) is 0 Å². The minimum absolute atomic E-state index is 0.00963. The van der Waals surface area contributed by atoms with E-state index in [1.807, 2.05) is 0 Å². The van der Waals surface area contributed by atoms with Gasteiger partial charge in [-0.15, -0.1) is 0 Å². The average molecular weight is 452 g/mol. The Balaban J connectivity index is 1.47. The second-order valence-corrected chi connectivity index (χ2v) is 8.13. The van der Waals surface area contributed by atoms with Crippen LogP contribution < -0.4 is 15.3 Å². The van der Waals surface area contributed by atoms with Crippen molar-refractivity contribution in [3.05, 3.63) is 51.7 Å². The van der Waals surface area contributed by atoms with Crippen LogP contribution in [0.4, 0.5) is 19.2 Å². The zero-order valence-corrected chi connectivity index (χ0v) is 17.8. The van der Waals surface area contributed by atoms with Gasteiger partial charge in [-0.25, -0.2) is 9.18 Å². The van der Waals surface area contributed by atoms with E-state index in [1.165, 1.54) is 15.5 Å². The SMILES string of the molecule is Cc1ccc(COc2cc3n(c(=O)n2)CCCN3CC(=O)N2CC[N+](F)(F)CC2)cc1F. The predicted octanol–water partition coefficient (Wildman–Crippen LogP) is 1.91. The van der Waals surface area contributed by atoms with E-state index < -0.39 is 23.7 Å². The minimum Gasteiger partial charge on any atom is -0.473 e. The molecule has 2 aromatic rings. The fourth-order valence-corrected chi connectivity index (χ4v) is 3.87. The number of ether oxygens (including phenoxy) is 1. The number of halogens is 3. The van der Waals surface area contributed by atoms with Gasteiger partial charge < -0.3 is 14.5 Å². The van der Waals surface area contributed by atoms with Crippen LogP contribution in [-0.2, 0) is 17.9 Å². The highest BCUT2D eigenvalue weighted by molar-refractivity contribution is 5.81. The molecule has 0 saturated carbocycles. The number of quaternary nitrogens is 1. The first-order chi connectivity index (χ1) is 15.2. The Kier molecular flexibility index (Phi) is 6.09. The summed E-state index contributed by atoms with van der Waals surface area (Å²) >= 11 is 0. The highest BCUT2D eigenvalue weighted by Crippen LogP contribution is 2.23. The molecule has 11 heteroatoms. The van der Waals surface area contributed by atoms with Crippen molar-refractivity contribution < 1.29 is 27.8 Å². The molecule has 172 valence electrons. The summed E-state index contributed by atoms with van der Waals surface area (Å²) in [5.74, 6) is -0.0344. The monoisotopic (exact) mass is 452 g/mol. The fraction of sp³-hybridized carbons (Fsp3) is 0.476. The van der Waals surface area contributed by atoms with Crippen molar-refractivity contribution in [2.24, 2.45) is 0 Å². The van der Waals surface area contributed by atoms with Gasteiger partial charge >= 0.3 is 5.69 Å². The van der Waals surface area contributed by atoms with Crippen molar-refractivity contribution in [1.29, 1.82) is 0 Å². The van der Waals surface area contributed by atoms with E-state index in [0.717, 1.165) is 0 Å². The molecule has 0 aliphatic carbocycles. The number of piperazine rings is 1. The molecule has 8 nitrogen and oxygen atoms in total. The van der Waals surface area contributed by atoms with E-state index in [1.54, 1.807) is 30.0 Å². The molecule has 0 atom stereocenters. The van der Waals surface area contributed by atoms with E-state index in [4.69, 9.17) is 4.74 Å². The summed E-state index contributed by atoms with van der Waals surface area (Å²) in [6.45, 7) is 1.86. The van der Waals surface area contributed by atoms with Gasteiger partial charge in [-0.2, -0.15) is 4.98 Å². The summed E-state index contributed by atoms with van der Waals surface area (Å²) in [5, 5.41) is 0. The third-order valence-corrected chi connectivity index (χ3v) is 5.80. The topological polar surface area (TPSA) is 67.7 Å². The number of carbonyl (C=O) groups is 1. The second kappa shape index (κ2) is 8.81. The number of aromatic nitrogens is 2. The quantitative estimate of drug-likeness (QED) is 0.649. The molecule has 32 heavy (non-hydrogen) atoms. The van der Waals surface area contributed by atoms with Gasteiger partial charge in [0.1, 0.15) is 18.2 Å². The van der Waals surface area contributed by atoms with Gasteiger partial charge in [-0.1, -0.05) is 12.1 Å². The first-order valence-electron chi connectivity index (χ1n) is 10.5. The first kappa shape index (κ1) is 22.1. The Morgan fingerprint density at radius 1 is 1.16 bits per heavy atom. The van der Waals surface area contributed by atoms with Crippen LogP contribution in [0, 0.1) is 12.7 Å². The van der Waals surface area contributed by atoms with Crippen molar-refractivity contribution in [2.75, 3.05) is 44.2 Å². The maximum Gasteiger partial charge on any atom is 0.352 e.